The monoisotopic (exact) mass is 553 g/mol. The van der Waals surface area contributed by atoms with E-state index in [4.69, 9.17) is 11.6 Å². The van der Waals surface area contributed by atoms with Gasteiger partial charge in [-0.15, -0.1) is 0 Å². The molecule has 4 rings (SSSR count). The van der Waals surface area contributed by atoms with E-state index in [0.29, 0.717) is 27.1 Å². The number of hydrogen-bond donors (Lipinski definition) is 1. The van der Waals surface area contributed by atoms with Gasteiger partial charge in [0.2, 0.25) is 0 Å². The molecule has 0 saturated carbocycles. The Balaban J connectivity index is 1.93. The molecule has 0 amide bonds. The first-order valence-electron chi connectivity index (χ1n) is 9.98. The lowest BCUT2D eigenvalue weighted by molar-refractivity contribution is -0.142. The molecule has 0 aliphatic heterocycles. The molecular weight excluding hydrogens is 536 g/mol. The molecule has 5 nitrogen and oxygen atoms in total. The zero-order valence-corrected chi connectivity index (χ0v) is 21.0. The van der Waals surface area contributed by atoms with Crippen LogP contribution < -0.4 is 0 Å². The van der Waals surface area contributed by atoms with E-state index in [0.717, 1.165) is 11.8 Å². The molecule has 0 unspecified atom stereocenters. The molecule has 2 heterocycles. The maximum Gasteiger partial charge on any atom is 0.313 e. The molecule has 4 aromatic rings. The van der Waals surface area contributed by atoms with Gasteiger partial charge < -0.3 is 5.11 Å². The molecule has 0 spiro atoms. The van der Waals surface area contributed by atoms with E-state index in [2.05, 4.69) is 21.0 Å². The van der Waals surface area contributed by atoms with Gasteiger partial charge in [-0.1, -0.05) is 35.5 Å². The summed E-state index contributed by atoms with van der Waals surface area (Å²) in [6.07, 6.45) is 3.38. The smallest absolute Gasteiger partial charge is 0.313 e. The molecule has 2 aromatic carbocycles. The molecule has 1 N–H and O–H groups in total. The molecular formula is C23H19BrClF2N3O2S. The molecule has 33 heavy (non-hydrogen) atoms. The molecule has 0 atom stereocenters. The Kier molecular flexibility index (Phi) is 6.32. The van der Waals surface area contributed by atoms with Crippen molar-refractivity contribution in [3.8, 4) is 5.69 Å². The van der Waals surface area contributed by atoms with Crippen molar-refractivity contribution >= 4 is 56.2 Å². The normalized spacial score (nSPS) is 12.0. The highest BCUT2D eigenvalue weighted by molar-refractivity contribution is 9.10. The quantitative estimate of drug-likeness (QED) is 0.277. The number of benzene rings is 2. The maximum absolute atomic E-state index is 15.5. The minimum absolute atomic E-state index is 0.0374. The van der Waals surface area contributed by atoms with E-state index >= 15 is 8.78 Å². The highest BCUT2D eigenvalue weighted by Gasteiger charge is 2.33. The van der Waals surface area contributed by atoms with E-state index in [9.17, 15) is 9.90 Å². The van der Waals surface area contributed by atoms with Crippen molar-refractivity contribution in [2.45, 2.75) is 42.5 Å². The summed E-state index contributed by atoms with van der Waals surface area (Å²) in [5.74, 6) is -2.37. The lowest BCUT2D eigenvalue weighted by Gasteiger charge is -2.21. The van der Waals surface area contributed by atoms with Crippen LogP contribution in [0, 0.1) is 11.6 Å². The summed E-state index contributed by atoms with van der Waals surface area (Å²) in [6.45, 7) is 5.48. The summed E-state index contributed by atoms with van der Waals surface area (Å²) < 4.78 is 34.5. The number of aryl methyl sites for hydroxylation is 1. The van der Waals surface area contributed by atoms with Crippen molar-refractivity contribution in [1.82, 2.24) is 14.3 Å². The fourth-order valence-electron chi connectivity index (χ4n) is 3.53. The number of halogens is 4. The number of rotatable bonds is 6. The van der Waals surface area contributed by atoms with Gasteiger partial charge in [0, 0.05) is 28.6 Å². The minimum Gasteiger partial charge on any atom is -0.481 e. The van der Waals surface area contributed by atoms with Crippen LogP contribution in [0.5, 0.6) is 0 Å². The topological polar surface area (TPSA) is 60.0 Å². The fourth-order valence-corrected chi connectivity index (χ4v) is 5.54. The van der Waals surface area contributed by atoms with Crippen LogP contribution in [0.2, 0.25) is 5.02 Å². The van der Waals surface area contributed by atoms with Crippen LogP contribution in [-0.2, 0) is 16.8 Å². The predicted molar refractivity (Wildman–Crippen MR) is 129 cm³/mol. The van der Waals surface area contributed by atoms with Crippen LogP contribution in [0.4, 0.5) is 8.78 Å². The molecule has 172 valence electrons. The first kappa shape index (κ1) is 23.8. The van der Waals surface area contributed by atoms with Gasteiger partial charge in [-0.25, -0.2) is 8.78 Å². The van der Waals surface area contributed by atoms with Gasteiger partial charge in [-0.05, 0) is 54.9 Å². The maximum atomic E-state index is 15.5. The standard InChI is InChI=1S/C23H19BrClF2N3O2S/c1-4-29-11-12(10-28-29)30-19-13(8-9-15(25)18(19)27)20(21(30)24)33-16-7-5-6-14(17(16)26)23(2,3)22(31)32/h5-11H,4H2,1-3H3,(H,31,32). The first-order chi connectivity index (χ1) is 15.6. The van der Waals surface area contributed by atoms with E-state index < -0.39 is 23.0 Å². The number of aromatic nitrogens is 3. The average molecular weight is 555 g/mol. The summed E-state index contributed by atoms with van der Waals surface area (Å²) in [6, 6.07) is 7.78. The lowest BCUT2D eigenvalue weighted by atomic mass is 9.84. The van der Waals surface area contributed by atoms with Gasteiger partial charge in [0.05, 0.1) is 32.7 Å². The number of nitrogens with zero attached hydrogens (tertiary/aromatic N) is 3. The molecule has 0 fully saturated rings. The fraction of sp³-hybridized carbons (Fsp3) is 0.217. The highest BCUT2D eigenvalue weighted by Crippen LogP contribution is 2.46. The largest absolute Gasteiger partial charge is 0.481 e. The molecule has 0 saturated heterocycles. The summed E-state index contributed by atoms with van der Waals surface area (Å²) in [5, 5.41) is 14.3. The summed E-state index contributed by atoms with van der Waals surface area (Å²) in [5.41, 5.74) is -0.503. The Labute approximate surface area is 206 Å². The number of hydrogen-bond acceptors (Lipinski definition) is 3. The summed E-state index contributed by atoms with van der Waals surface area (Å²) in [7, 11) is 0. The van der Waals surface area contributed by atoms with Crippen molar-refractivity contribution in [2.75, 3.05) is 0 Å². The van der Waals surface area contributed by atoms with E-state index in [1.54, 1.807) is 39.8 Å². The summed E-state index contributed by atoms with van der Waals surface area (Å²) in [4.78, 5) is 12.5. The minimum atomic E-state index is -1.42. The first-order valence-corrected chi connectivity index (χ1v) is 12.0. The van der Waals surface area contributed by atoms with Gasteiger partial charge in [0.25, 0.3) is 0 Å². The van der Waals surface area contributed by atoms with E-state index in [1.165, 1.54) is 26.0 Å². The second-order valence-electron chi connectivity index (χ2n) is 7.92. The van der Waals surface area contributed by atoms with Crippen LogP contribution in [0.3, 0.4) is 0 Å². The molecule has 0 bridgehead atoms. The molecule has 2 aromatic heterocycles. The van der Waals surface area contributed by atoms with Crippen molar-refractivity contribution in [3.05, 3.63) is 69.5 Å². The second kappa shape index (κ2) is 8.77. The number of carboxylic acids is 1. The molecule has 0 radical (unpaired) electrons. The number of fused-ring (bicyclic) bond motifs is 1. The highest BCUT2D eigenvalue weighted by atomic mass is 79.9. The van der Waals surface area contributed by atoms with E-state index in [1.807, 2.05) is 6.92 Å². The van der Waals surface area contributed by atoms with Gasteiger partial charge in [-0.2, -0.15) is 5.10 Å². The van der Waals surface area contributed by atoms with Gasteiger partial charge in [0.15, 0.2) is 5.82 Å². The predicted octanol–water partition coefficient (Wildman–Crippen LogP) is 7.05. The number of carbonyl (C=O) groups is 1. The van der Waals surface area contributed by atoms with Crippen LogP contribution in [-0.4, -0.2) is 25.4 Å². The van der Waals surface area contributed by atoms with Crippen molar-refractivity contribution in [2.24, 2.45) is 0 Å². The molecule has 10 heteroatoms. The van der Waals surface area contributed by atoms with Crippen LogP contribution in [0.1, 0.15) is 26.3 Å². The SMILES string of the molecule is CCn1cc(-n2c(Br)c(Sc3cccc(C(C)(C)C(=O)O)c3F)c3ccc(Cl)c(F)c32)cn1. The number of aliphatic carboxylic acids is 1. The molecule has 0 aliphatic carbocycles. The Hall–Kier alpha value is -2.36. The van der Waals surface area contributed by atoms with Crippen molar-refractivity contribution in [3.63, 3.8) is 0 Å². The van der Waals surface area contributed by atoms with E-state index in [-0.39, 0.29) is 21.0 Å². The Morgan fingerprint density at radius 1 is 1.24 bits per heavy atom. The third kappa shape index (κ3) is 3.96. The third-order valence-corrected chi connectivity index (χ3v) is 7.96. The Morgan fingerprint density at radius 2 is 1.97 bits per heavy atom. The average Bonchev–Trinajstić information content (AvgIpc) is 3.35. The van der Waals surface area contributed by atoms with Crippen molar-refractivity contribution < 1.29 is 18.7 Å². The second-order valence-corrected chi connectivity index (χ2v) is 10.1. The van der Waals surface area contributed by atoms with Crippen LogP contribution in [0.15, 0.2) is 57.1 Å². The summed E-state index contributed by atoms with van der Waals surface area (Å²) >= 11 is 10.7. The van der Waals surface area contributed by atoms with Crippen LogP contribution in [0.25, 0.3) is 16.6 Å². The molecule has 0 aliphatic rings. The Bertz CT molecular complexity index is 1400. The zero-order valence-electron chi connectivity index (χ0n) is 17.9. The lowest BCUT2D eigenvalue weighted by Crippen LogP contribution is -2.29. The zero-order chi connectivity index (χ0) is 24.1. The third-order valence-electron chi connectivity index (χ3n) is 5.51. The van der Waals surface area contributed by atoms with Crippen LogP contribution >= 0.6 is 39.3 Å². The van der Waals surface area contributed by atoms with Gasteiger partial charge in [0.1, 0.15) is 10.4 Å². The number of carboxylic acid groups (broad SMARTS) is 1. The van der Waals surface area contributed by atoms with Crippen molar-refractivity contribution in [1.29, 1.82) is 0 Å². The Morgan fingerprint density at radius 3 is 2.61 bits per heavy atom. The van der Waals surface area contributed by atoms with Gasteiger partial charge >= 0.3 is 5.97 Å². The van der Waals surface area contributed by atoms with Gasteiger partial charge in [-0.3, -0.25) is 14.0 Å².